The summed E-state index contributed by atoms with van der Waals surface area (Å²) in [4.78, 5) is 16.8. The SMILES string of the molecule is CCn1c2ccccc2c2cc(NC(=O)CCc3nc(-c4ccc(F)cc4C#N)no3)ccc21. The molecule has 0 bridgehead atoms. The van der Waals surface area contributed by atoms with Crippen molar-refractivity contribution < 1.29 is 13.7 Å². The van der Waals surface area contributed by atoms with Crippen molar-refractivity contribution in [3.8, 4) is 17.5 Å². The smallest absolute Gasteiger partial charge is 0.227 e. The van der Waals surface area contributed by atoms with Crippen LogP contribution in [0.1, 0.15) is 24.8 Å². The zero-order chi connectivity index (χ0) is 23.7. The number of fused-ring (bicyclic) bond motifs is 3. The number of nitriles is 1. The first-order valence-electron chi connectivity index (χ1n) is 10.9. The maximum atomic E-state index is 13.4. The normalized spacial score (nSPS) is 11.1. The van der Waals surface area contributed by atoms with E-state index in [1.165, 1.54) is 12.1 Å². The summed E-state index contributed by atoms with van der Waals surface area (Å²) in [6, 6.07) is 19.8. The van der Waals surface area contributed by atoms with Gasteiger partial charge in [0, 0.05) is 52.4 Å². The summed E-state index contributed by atoms with van der Waals surface area (Å²) < 4.78 is 20.8. The lowest BCUT2D eigenvalue weighted by molar-refractivity contribution is -0.116. The molecule has 0 aliphatic heterocycles. The summed E-state index contributed by atoms with van der Waals surface area (Å²) in [5, 5.41) is 18.2. The van der Waals surface area contributed by atoms with Gasteiger partial charge in [-0.2, -0.15) is 10.2 Å². The Bertz CT molecular complexity index is 1580. The zero-order valence-corrected chi connectivity index (χ0v) is 18.4. The van der Waals surface area contributed by atoms with Gasteiger partial charge in [-0.15, -0.1) is 0 Å². The van der Waals surface area contributed by atoms with Gasteiger partial charge in [0.1, 0.15) is 5.82 Å². The summed E-state index contributed by atoms with van der Waals surface area (Å²) >= 11 is 0. The fourth-order valence-corrected chi connectivity index (χ4v) is 4.19. The minimum absolute atomic E-state index is 0.116. The number of nitrogens with zero attached hydrogens (tertiary/aromatic N) is 4. The van der Waals surface area contributed by atoms with E-state index in [4.69, 9.17) is 4.52 Å². The molecule has 3 aromatic carbocycles. The molecule has 2 heterocycles. The average molecular weight is 453 g/mol. The second kappa shape index (κ2) is 8.79. The molecule has 8 heteroatoms. The third-order valence-electron chi connectivity index (χ3n) is 5.75. The van der Waals surface area contributed by atoms with E-state index in [0.717, 1.165) is 34.4 Å². The average Bonchev–Trinajstić information content (AvgIpc) is 3.45. The highest BCUT2D eigenvalue weighted by atomic mass is 19.1. The topological polar surface area (TPSA) is 96.7 Å². The molecule has 0 saturated heterocycles. The van der Waals surface area contributed by atoms with E-state index < -0.39 is 5.82 Å². The number of benzene rings is 3. The fourth-order valence-electron chi connectivity index (χ4n) is 4.19. The Kier molecular flexibility index (Phi) is 5.52. The number of nitrogens with one attached hydrogen (secondary N) is 1. The van der Waals surface area contributed by atoms with Gasteiger partial charge in [0.25, 0.3) is 0 Å². The lowest BCUT2D eigenvalue weighted by Crippen LogP contribution is -2.12. The van der Waals surface area contributed by atoms with Crippen LogP contribution in [-0.2, 0) is 17.8 Å². The number of para-hydroxylation sites is 1. The molecule has 5 rings (SSSR count). The van der Waals surface area contributed by atoms with Crippen molar-refractivity contribution in [2.75, 3.05) is 5.32 Å². The predicted octanol–water partition coefficient (Wildman–Crippen LogP) is 5.45. The van der Waals surface area contributed by atoms with E-state index in [9.17, 15) is 14.4 Å². The lowest BCUT2D eigenvalue weighted by atomic mass is 10.1. The molecule has 34 heavy (non-hydrogen) atoms. The summed E-state index contributed by atoms with van der Waals surface area (Å²) in [7, 11) is 0. The van der Waals surface area contributed by atoms with Crippen LogP contribution in [-0.4, -0.2) is 20.6 Å². The van der Waals surface area contributed by atoms with Crippen LogP contribution in [0.4, 0.5) is 10.1 Å². The van der Waals surface area contributed by atoms with Gasteiger partial charge < -0.3 is 14.4 Å². The van der Waals surface area contributed by atoms with Gasteiger partial charge in [-0.1, -0.05) is 23.4 Å². The molecular formula is C26H20FN5O2. The first-order valence-corrected chi connectivity index (χ1v) is 10.9. The largest absolute Gasteiger partial charge is 0.341 e. The number of carbonyl (C=O) groups is 1. The number of anilines is 1. The Morgan fingerprint density at radius 3 is 2.76 bits per heavy atom. The molecular weight excluding hydrogens is 433 g/mol. The first-order chi connectivity index (χ1) is 16.6. The summed E-state index contributed by atoms with van der Waals surface area (Å²) in [5.74, 6) is -0.250. The predicted molar refractivity (Wildman–Crippen MR) is 126 cm³/mol. The van der Waals surface area contributed by atoms with Crippen LogP contribution in [0.25, 0.3) is 33.2 Å². The number of aromatic nitrogens is 3. The van der Waals surface area contributed by atoms with Gasteiger partial charge in [-0.05, 0) is 49.4 Å². The molecule has 168 valence electrons. The molecule has 0 aliphatic rings. The Hall–Kier alpha value is -4.51. The highest BCUT2D eigenvalue weighted by Gasteiger charge is 2.15. The monoisotopic (exact) mass is 453 g/mol. The van der Waals surface area contributed by atoms with Crippen molar-refractivity contribution in [3.63, 3.8) is 0 Å². The molecule has 0 aliphatic carbocycles. The highest BCUT2D eigenvalue weighted by Crippen LogP contribution is 2.31. The van der Waals surface area contributed by atoms with Crippen LogP contribution in [0.5, 0.6) is 0 Å². The molecule has 2 aromatic heterocycles. The highest BCUT2D eigenvalue weighted by molar-refractivity contribution is 6.09. The molecule has 1 amide bonds. The third-order valence-corrected chi connectivity index (χ3v) is 5.75. The molecule has 5 aromatic rings. The van der Waals surface area contributed by atoms with Crippen molar-refractivity contribution in [1.29, 1.82) is 5.26 Å². The fraction of sp³-hybridized carbons (Fsp3) is 0.154. The molecule has 1 N–H and O–H groups in total. The van der Waals surface area contributed by atoms with Crippen molar-refractivity contribution in [3.05, 3.63) is 77.9 Å². The van der Waals surface area contributed by atoms with Gasteiger partial charge in [0.2, 0.25) is 17.6 Å². The third kappa shape index (κ3) is 3.88. The van der Waals surface area contributed by atoms with Crippen LogP contribution in [0.15, 0.2) is 65.2 Å². The first kappa shape index (κ1) is 21.3. The number of halogens is 1. The van der Waals surface area contributed by atoms with E-state index >= 15 is 0 Å². The molecule has 0 spiro atoms. The van der Waals surface area contributed by atoms with Gasteiger partial charge in [0.15, 0.2) is 0 Å². The minimum Gasteiger partial charge on any atom is -0.341 e. The van der Waals surface area contributed by atoms with E-state index in [-0.39, 0.29) is 36.0 Å². The van der Waals surface area contributed by atoms with E-state index in [1.54, 1.807) is 0 Å². The second-order valence-corrected chi connectivity index (χ2v) is 7.85. The Balaban J connectivity index is 1.29. The number of carbonyl (C=O) groups excluding carboxylic acids is 1. The summed E-state index contributed by atoms with van der Waals surface area (Å²) in [6.45, 7) is 2.97. The van der Waals surface area contributed by atoms with Crippen LogP contribution in [0, 0.1) is 17.1 Å². The van der Waals surface area contributed by atoms with Gasteiger partial charge in [0.05, 0.1) is 11.6 Å². The van der Waals surface area contributed by atoms with Crippen molar-refractivity contribution in [2.24, 2.45) is 0 Å². The second-order valence-electron chi connectivity index (χ2n) is 7.85. The lowest BCUT2D eigenvalue weighted by Gasteiger charge is -2.06. The maximum Gasteiger partial charge on any atom is 0.227 e. The van der Waals surface area contributed by atoms with E-state index in [1.807, 2.05) is 36.4 Å². The molecule has 0 fully saturated rings. The van der Waals surface area contributed by atoms with Crippen molar-refractivity contribution in [2.45, 2.75) is 26.3 Å². The molecule has 0 radical (unpaired) electrons. The van der Waals surface area contributed by atoms with Gasteiger partial charge in [-0.25, -0.2) is 4.39 Å². The Morgan fingerprint density at radius 1 is 1.12 bits per heavy atom. The summed E-state index contributed by atoms with van der Waals surface area (Å²) in [5.41, 5.74) is 3.49. The number of hydrogen-bond acceptors (Lipinski definition) is 5. The van der Waals surface area contributed by atoms with Crippen LogP contribution in [0.2, 0.25) is 0 Å². The summed E-state index contributed by atoms with van der Waals surface area (Å²) in [6.07, 6.45) is 0.379. The quantitative estimate of drug-likeness (QED) is 0.369. The van der Waals surface area contributed by atoms with Crippen LogP contribution in [0.3, 0.4) is 0 Å². The van der Waals surface area contributed by atoms with E-state index in [2.05, 4.69) is 39.1 Å². The molecule has 7 nitrogen and oxygen atoms in total. The van der Waals surface area contributed by atoms with Crippen molar-refractivity contribution >= 4 is 33.4 Å². The van der Waals surface area contributed by atoms with E-state index in [0.29, 0.717) is 11.3 Å². The van der Waals surface area contributed by atoms with Crippen LogP contribution >= 0.6 is 0 Å². The maximum absolute atomic E-state index is 13.4. The molecule has 0 atom stereocenters. The zero-order valence-electron chi connectivity index (χ0n) is 18.4. The molecule has 0 saturated carbocycles. The number of rotatable bonds is 6. The van der Waals surface area contributed by atoms with Crippen LogP contribution < -0.4 is 5.32 Å². The standard InChI is InChI=1S/C26H20FN5O2/c1-2-32-22-6-4-3-5-20(22)21-14-18(8-10-23(21)32)29-24(33)11-12-25-30-26(31-34-25)19-9-7-17(27)13-16(19)15-28/h3-10,13-14H,2,11-12H2,1H3,(H,29,33). The Labute approximate surface area is 194 Å². The molecule has 0 unspecified atom stereocenters. The Morgan fingerprint density at radius 2 is 1.94 bits per heavy atom. The van der Waals surface area contributed by atoms with Gasteiger partial charge >= 0.3 is 0 Å². The van der Waals surface area contributed by atoms with Gasteiger partial charge in [-0.3, -0.25) is 4.79 Å². The number of aryl methyl sites for hydroxylation is 2. The number of amides is 1. The minimum atomic E-state index is -0.516. The van der Waals surface area contributed by atoms with Crippen molar-refractivity contribution in [1.82, 2.24) is 14.7 Å². The number of hydrogen-bond donors (Lipinski definition) is 1.